The number of nitrogens with one attached hydrogen (secondary N) is 1. The average Bonchev–Trinajstić information content (AvgIpc) is 3.04. The Morgan fingerprint density at radius 2 is 2.11 bits per heavy atom. The van der Waals surface area contributed by atoms with Crippen LogP contribution in [0, 0.1) is 5.92 Å². The predicted octanol–water partition coefficient (Wildman–Crippen LogP) is 2.99. The van der Waals surface area contributed by atoms with E-state index in [1.54, 1.807) is 17.9 Å². The zero-order valence-electron chi connectivity index (χ0n) is 16.0. The van der Waals surface area contributed by atoms with Crippen molar-refractivity contribution in [2.45, 2.75) is 51.7 Å². The lowest BCUT2D eigenvalue weighted by atomic mass is 9.91. The molecule has 2 amide bonds. The van der Waals surface area contributed by atoms with Gasteiger partial charge in [0.25, 0.3) is 5.91 Å². The van der Waals surface area contributed by atoms with Gasteiger partial charge >= 0.3 is 0 Å². The van der Waals surface area contributed by atoms with Crippen LogP contribution in [0.1, 0.15) is 45.6 Å². The summed E-state index contributed by atoms with van der Waals surface area (Å²) < 4.78 is 0. The highest BCUT2D eigenvalue weighted by Gasteiger charge is 2.46. The van der Waals surface area contributed by atoms with Crippen molar-refractivity contribution in [2.75, 3.05) is 13.1 Å². The highest BCUT2D eigenvalue weighted by Crippen LogP contribution is 2.32. The van der Waals surface area contributed by atoms with E-state index in [0.29, 0.717) is 30.2 Å². The molecule has 2 aliphatic heterocycles. The Labute approximate surface area is 164 Å². The lowest BCUT2D eigenvalue weighted by Crippen LogP contribution is -2.53. The number of carbonyl (C=O) groups is 2. The Morgan fingerprint density at radius 3 is 2.81 bits per heavy atom. The van der Waals surface area contributed by atoms with E-state index in [1.165, 1.54) is 0 Å². The second-order valence-electron chi connectivity index (χ2n) is 7.77. The molecule has 0 saturated carbocycles. The maximum Gasteiger partial charge on any atom is 0.269 e. The van der Waals surface area contributed by atoms with Gasteiger partial charge in [-0.3, -0.25) is 9.59 Å². The van der Waals surface area contributed by atoms with E-state index in [0.717, 1.165) is 18.4 Å². The first-order valence-electron chi connectivity index (χ1n) is 9.40. The molecule has 0 radical (unpaired) electrons. The molecule has 1 aromatic carbocycles. The van der Waals surface area contributed by atoms with E-state index < -0.39 is 5.60 Å². The number of amides is 2. The number of piperidine rings is 1. The van der Waals surface area contributed by atoms with E-state index in [4.69, 9.17) is 16.4 Å². The van der Waals surface area contributed by atoms with Gasteiger partial charge in [-0.1, -0.05) is 35.0 Å². The van der Waals surface area contributed by atoms with Gasteiger partial charge in [-0.2, -0.15) is 0 Å². The van der Waals surface area contributed by atoms with Gasteiger partial charge in [0, 0.05) is 36.1 Å². The van der Waals surface area contributed by atoms with Crippen LogP contribution in [0.4, 0.5) is 0 Å². The molecule has 7 heteroatoms. The van der Waals surface area contributed by atoms with Crippen LogP contribution in [0.3, 0.4) is 0 Å². The molecule has 1 fully saturated rings. The van der Waals surface area contributed by atoms with Crippen LogP contribution in [0.5, 0.6) is 0 Å². The molecule has 1 aromatic rings. The lowest BCUT2D eigenvalue weighted by Gasteiger charge is -2.36. The fraction of sp³-hybridized carbons (Fsp3) is 0.550. The molecule has 0 spiro atoms. The van der Waals surface area contributed by atoms with Crippen molar-refractivity contribution in [1.82, 2.24) is 10.2 Å². The number of oxime groups is 1. The molecule has 6 nitrogen and oxygen atoms in total. The quantitative estimate of drug-likeness (QED) is 0.857. The van der Waals surface area contributed by atoms with Gasteiger partial charge in [0.05, 0.1) is 11.6 Å². The van der Waals surface area contributed by atoms with Crippen LogP contribution in [0.2, 0.25) is 5.02 Å². The van der Waals surface area contributed by atoms with E-state index in [-0.39, 0.29) is 23.8 Å². The van der Waals surface area contributed by atoms with Crippen molar-refractivity contribution in [3.63, 3.8) is 0 Å². The van der Waals surface area contributed by atoms with Crippen molar-refractivity contribution < 1.29 is 14.4 Å². The summed E-state index contributed by atoms with van der Waals surface area (Å²) in [6.45, 7) is 6.66. The number of hydrogen-bond donors (Lipinski definition) is 1. The monoisotopic (exact) mass is 391 g/mol. The molecule has 0 aliphatic carbocycles. The van der Waals surface area contributed by atoms with Gasteiger partial charge in [0.1, 0.15) is 0 Å². The van der Waals surface area contributed by atoms with Gasteiger partial charge in [-0.05, 0) is 39.7 Å². The first-order valence-corrected chi connectivity index (χ1v) is 9.77. The predicted molar refractivity (Wildman–Crippen MR) is 105 cm³/mol. The number of benzene rings is 1. The molecule has 146 valence electrons. The summed E-state index contributed by atoms with van der Waals surface area (Å²) in [5.41, 5.74) is 0.386. The van der Waals surface area contributed by atoms with Crippen LogP contribution in [-0.4, -0.2) is 47.2 Å². The minimum atomic E-state index is -1.06. The smallest absolute Gasteiger partial charge is 0.269 e. The average molecular weight is 392 g/mol. The second kappa shape index (κ2) is 7.89. The molecular formula is C20H26ClN3O3. The Kier molecular flexibility index (Phi) is 5.75. The Hall–Kier alpha value is -2.08. The molecule has 1 N–H and O–H groups in total. The Balaban J connectivity index is 1.67. The van der Waals surface area contributed by atoms with Gasteiger partial charge in [0.15, 0.2) is 0 Å². The van der Waals surface area contributed by atoms with E-state index in [9.17, 15) is 9.59 Å². The van der Waals surface area contributed by atoms with Crippen molar-refractivity contribution in [3.05, 3.63) is 34.9 Å². The summed E-state index contributed by atoms with van der Waals surface area (Å²) in [7, 11) is 0. The fourth-order valence-corrected chi connectivity index (χ4v) is 3.85. The van der Waals surface area contributed by atoms with Crippen LogP contribution in [-0.2, 0) is 14.4 Å². The molecule has 1 saturated heterocycles. The minimum Gasteiger partial charge on any atom is -0.379 e. The topological polar surface area (TPSA) is 71.0 Å². The molecule has 2 aliphatic rings. The maximum absolute atomic E-state index is 13.1. The number of likely N-dealkylation sites (tertiary alicyclic amines) is 1. The molecular weight excluding hydrogens is 366 g/mol. The van der Waals surface area contributed by atoms with Gasteiger partial charge < -0.3 is 15.1 Å². The normalized spacial score (nSPS) is 25.1. The van der Waals surface area contributed by atoms with E-state index in [1.807, 2.05) is 32.0 Å². The van der Waals surface area contributed by atoms with Crippen LogP contribution >= 0.6 is 11.6 Å². The number of rotatable bonds is 4. The van der Waals surface area contributed by atoms with Crippen LogP contribution in [0.15, 0.2) is 29.4 Å². The largest absolute Gasteiger partial charge is 0.379 e. The first-order chi connectivity index (χ1) is 12.8. The van der Waals surface area contributed by atoms with Crippen molar-refractivity contribution in [2.24, 2.45) is 11.1 Å². The third kappa shape index (κ3) is 4.26. The third-order valence-electron chi connectivity index (χ3n) is 5.01. The third-order valence-corrected chi connectivity index (χ3v) is 5.34. The highest BCUT2D eigenvalue weighted by molar-refractivity contribution is 6.34. The van der Waals surface area contributed by atoms with Gasteiger partial charge in [-0.15, -0.1) is 0 Å². The van der Waals surface area contributed by atoms with Crippen molar-refractivity contribution in [1.29, 1.82) is 0 Å². The standard InChI is InChI=1S/C20H26ClN3O3/c1-13(2)22-18(25)14-7-6-10-24(12-14)19(26)20(3)11-17(23-27-20)15-8-4-5-9-16(15)21/h4-5,8-9,13-14H,6-7,10-12H2,1-3H3,(H,22,25)/t14-,20-/m0/s1. The van der Waals surface area contributed by atoms with Crippen LogP contribution in [0.25, 0.3) is 0 Å². The van der Waals surface area contributed by atoms with E-state index >= 15 is 0 Å². The number of nitrogens with zero attached hydrogens (tertiary/aromatic N) is 2. The molecule has 0 bridgehead atoms. The van der Waals surface area contributed by atoms with Crippen molar-refractivity contribution in [3.8, 4) is 0 Å². The van der Waals surface area contributed by atoms with Gasteiger partial charge in [-0.25, -0.2) is 0 Å². The zero-order chi connectivity index (χ0) is 19.6. The molecule has 0 aromatic heterocycles. The summed E-state index contributed by atoms with van der Waals surface area (Å²) >= 11 is 6.24. The number of halogens is 1. The number of carbonyl (C=O) groups excluding carboxylic acids is 2. The summed E-state index contributed by atoms with van der Waals surface area (Å²) in [5, 5.41) is 7.66. The lowest BCUT2D eigenvalue weighted by molar-refractivity contribution is -0.155. The summed E-state index contributed by atoms with van der Waals surface area (Å²) in [6, 6.07) is 7.48. The van der Waals surface area contributed by atoms with Crippen LogP contribution < -0.4 is 5.32 Å². The Morgan fingerprint density at radius 1 is 1.37 bits per heavy atom. The fourth-order valence-electron chi connectivity index (χ4n) is 3.61. The molecule has 27 heavy (non-hydrogen) atoms. The van der Waals surface area contributed by atoms with Gasteiger partial charge in [0.2, 0.25) is 11.5 Å². The minimum absolute atomic E-state index is 0.00741. The summed E-state index contributed by atoms with van der Waals surface area (Å²) in [5.74, 6) is -0.303. The first kappa shape index (κ1) is 19.7. The maximum atomic E-state index is 13.1. The molecule has 0 unspecified atom stereocenters. The molecule has 2 heterocycles. The molecule has 3 rings (SSSR count). The van der Waals surface area contributed by atoms with E-state index in [2.05, 4.69) is 10.5 Å². The van der Waals surface area contributed by atoms with Crippen molar-refractivity contribution >= 4 is 29.1 Å². The molecule has 2 atom stereocenters. The number of hydrogen-bond acceptors (Lipinski definition) is 4. The Bertz CT molecular complexity index is 765. The summed E-state index contributed by atoms with van der Waals surface area (Å²) in [6.07, 6.45) is 1.95. The second-order valence-corrected chi connectivity index (χ2v) is 8.18. The highest BCUT2D eigenvalue weighted by atomic mass is 35.5. The summed E-state index contributed by atoms with van der Waals surface area (Å²) in [4.78, 5) is 32.8. The SMILES string of the molecule is CC(C)NC(=O)[C@H]1CCCN(C(=O)[C@]2(C)CC(c3ccccc3Cl)=NO2)C1. The zero-order valence-corrected chi connectivity index (χ0v) is 16.8.